The third-order valence-electron chi connectivity index (χ3n) is 1.45. The average Bonchev–Trinajstić information content (AvgIpc) is 2.25. The highest BCUT2D eigenvalue weighted by molar-refractivity contribution is 6.32. The summed E-state index contributed by atoms with van der Waals surface area (Å²) in [6.45, 7) is 0.0455. The van der Waals surface area contributed by atoms with E-state index < -0.39 is 0 Å². The van der Waals surface area contributed by atoms with E-state index in [4.69, 9.17) is 21.4 Å². The number of aliphatic hydroxyl groups is 1. The number of benzene rings is 1. The third-order valence-corrected chi connectivity index (χ3v) is 1.77. The molecule has 0 fully saturated rings. The van der Waals surface area contributed by atoms with Gasteiger partial charge in [-0.25, -0.2) is 0 Å². The monoisotopic (exact) mass is 220 g/mol. The zero-order chi connectivity index (χ0) is 10.9. The van der Waals surface area contributed by atoms with Gasteiger partial charge in [-0.05, 0) is 29.9 Å². The van der Waals surface area contributed by atoms with Crippen LogP contribution in [-0.4, -0.2) is 18.3 Å². The van der Waals surface area contributed by atoms with Crippen LogP contribution in [0, 0.1) is 23.7 Å². The van der Waals surface area contributed by atoms with E-state index in [-0.39, 0.29) is 13.2 Å². The van der Waals surface area contributed by atoms with Crippen LogP contribution >= 0.6 is 11.6 Å². The summed E-state index contributed by atoms with van der Waals surface area (Å²) in [5.41, 5.74) is 0. The van der Waals surface area contributed by atoms with Gasteiger partial charge in [0.05, 0.1) is 5.02 Å². The third kappa shape index (κ3) is 4.42. The van der Waals surface area contributed by atoms with Gasteiger partial charge >= 0.3 is 0 Å². The molecule has 0 spiro atoms. The number of hydrogen-bond acceptors (Lipinski definition) is 2. The van der Waals surface area contributed by atoms with Gasteiger partial charge in [-0.3, -0.25) is 0 Å². The molecule has 0 heterocycles. The second-order valence-electron chi connectivity index (χ2n) is 2.48. The van der Waals surface area contributed by atoms with Crippen molar-refractivity contribution in [3.63, 3.8) is 0 Å². The van der Waals surface area contributed by atoms with Crippen molar-refractivity contribution in [2.75, 3.05) is 13.2 Å². The summed E-state index contributed by atoms with van der Waals surface area (Å²) >= 11 is 5.85. The van der Waals surface area contributed by atoms with Gasteiger partial charge in [-0.15, -0.1) is 0 Å². The molecule has 76 valence electrons. The SMILES string of the molecule is OCC#CC#CCOc1ccccc1Cl. The Morgan fingerprint density at radius 2 is 1.93 bits per heavy atom. The van der Waals surface area contributed by atoms with Crippen molar-refractivity contribution in [3.8, 4) is 29.4 Å². The van der Waals surface area contributed by atoms with Gasteiger partial charge in [-0.1, -0.05) is 29.7 Å². The average molecular weight is 221 g/mol. The van der Waals surface area contributed by atoms with E-state index in [2.05, 4.69) is 23.7 Å². The number of rotatable bonds is 2. The van der Waals surface area contributed by atoms with E-state index >= 15 is 0 Å². The number of ether oxygens (including phenoxy) is 1. The summed E-state index contributed by atoms with van der Waals surface area (Å²) < 4.78 is 5.28. The number of hydrogen-bond donors (Lipinski definition) is 1. The minimum atomic E-state index is -0.181. The first kappa shape index (κ1) is 11.5. The van der Waals surface area contributed by atoms with E-state index in [1.54, 1.807) is 12.1 Å². The second-order valence-corrected chi connectivity index (χ2v) is 2.89. The summed E-state index contributed by atoms with van der Waals surface area (Å²) in [5.74, 6) is 10.7. The fourth-order valence-electron chi connectivity index (χ4n) is 0.840. The second kappa shape index (κ2) is 6.79. The molecule has 2 nitrogen and oxygen atoms in total. The van der Waals surface area contributed by atoms with Gasteiger partial charge < -0.3 is 9.84 Å². The van der Waals surface area contributed by atoms with Crippen LogP contribution in [0.3, 0.4) is 0 Å². The smallest absolute Gasteiger partial charge is 0.150 e. The molecule has 0 amide bonds. The fraction of sp³-hybridized carbons (Fsp3) is 0.167. The largest absolute Gasteiger partial charge is 0.479 e. The molecule has 0 aliphatic heterocycles. The summed E-state index contributed by atoms with van der Waals surface area (Å²) in [5, 5.41) is 8.90. The minimum absolute atomic E-state index is 0.181. The first-order valence-corrected chi connectivity index (χ1v) is 4.66. The van der Waals surface area contributed by atoms with Crippen LogP contribution in [0.1, 0.15) is 0 Å². The molecule has 0 atom stereocenters. The Hall–Kier alpha value is -1.61. The van der Waals surface area contributed by atoms with E-state index in [0.717, 1.165) is 0 Å². The van der Waals surface area contributed by atoms with Crippen molar-refractivity contribution in [1.82, 2.24) is 0 Å². The summed E-state index contributed by atoms with van der Waals surface area (Å²) in [6, 6.07) is 7.17. The van der Waals surface area contributed by atoms with Crippen LogP contribution in [0.4, 0.5) is 0 Å². The van der Waals surface area contributed by atoms with Crippen molar-refractivity contribution in [1.29, 1.82) is 0 Å². The lowest BCUT2D eigenvalue weighted by Crippen LogP contribution is -1.93. The van der Waals surface area contributed by atoms with Crippen LogP contribution in [-0.2, 0) is 0 Å². The highest BCUT2D eigenvalue weighted by atomic mass is 35.5. The van der Waals surface area contributed by atoms with Crippen LogP contribution < -0.4 is 4.74 Å². The van der Waals surface area contributed by atoms with Crippen LogP contribution in [0.5, 0.6) is 5.75 Å². The summed E-state index contributed by atoms with van der Waals surface area (Å²) in [6.07, 6.45) is 0. The summed E-state index contributed by atoms with van der Waals surface area (Å²) in [4.78, 5) is 0. The lowest BCUT2D eigenvalue weighted by molar-refractivity contribution is 0.350. The van der Waals surface area contributed by atoms with Crippen molar-refractivity contribution in [3.05, 3.63) is 29.3 Å². The van der Waals surface area contributed by atoms with E-state index in [1.165, 1.54) is 0 Å². The van der Waals surface area contributed by atoms with Gasteiger partial charge in [0.25, 0.3) is 0 Å². The van der Waals surface area contributed by atoms with Crippen molar-refractivity contribution >= 4 is 11.6 Å². The molecule has 0 unspecified atom stereocenters. The molecule has 3 heteroatoms. The zero-order valence-electron chi connectivity index (χ0n) is 7.96. The minimum Gasteiger partial charge on any atom is -0.479 e. The van der Waals surface area contributed by atoms with Crippen molar-refractivity contribution < 1.29 is 9.84 Å². The first-order valence-electron chi connectivity index (χ1n) is 4.28. The van der Waals surface area contributed by atoms with E-state index in [1.807, 2.05) is 12.1 Å². The van der Waals surface area contributed by atoms with Gasteiger partial charge in [-0.2, -0.15) is 0 Å². The molecule has 0 aromatic heterocycles. The molecule has 0 saturated carbocycles. The Labute approximate surface area is 93.8 Å². The maximum atomic E-state index is 8.35. The predicted octanol–water partition coefficient (Wildman–Crippen LogP) is 1.72. The molecule has 0 bridgehead atoms. The number of halogens is 1. The topological polar surface area (TPSA) is 29.5 Å². The van der Waals surface area contributed by atoms with Gasteiger partial charge in [0, 0.05) is 0 Å². The Balaban J connectivity index is 2.43. The van der Waals surface area contributed by atoms with Gasteiger partial charge in [0.2, 0.25) is 0 Å². The quantitative estimate of drug-likeness (QED) is 0.769. The predicted molar refractivity (Wildman–Crippen MR) is 59.6 cm³/mol. The zero-order valence-corrected chi connectivity index (χ0v) is 8.71. The number of aliphatic hydroxyl groups excluding tert-OH is 1. The standard InChI is InChI=1S/C12H9ClO2/c13-11-7-3-4-8-12(11)15-10-6-2-1-5-9-14/h3-4,7-8,14H,9-10H2. The van der Waals surface area contributed by atoms with Crippen molar-refractivity contribution in [2.24, 2.45) is 0 Å². The maximum Gasteiger partial charge on any atom is 0.150 e. The molecule has 1 aromatic carbocycles. The molecule has 0 aliphatic rings. The normalized spacial score (nSPS) is 8.13. The van der Waals surface area contributed by atoms with Crippen LogP contribution in [0.15, 0.2) is 24.3 Å². The molecule has 0 aliphatic carbocycles. The van der Waals surface area contributed by atoms with Crippen LogP contribution in [0.2, 0.25) is 5.02 Å². The molecule has 0 radical (unpaired) electrons. The molecule has 1 N–H and O–H groups in total. The van der Waals surface area contributed by atoms with Crippen molar-refractivity contribution in [2.45, 2.75) is 0 Å². The Morgan fingerprint density at radius 3 is 2.67 bits per heavy atom. The van der Waals surface area contributed by atoms with E-state index in [9.17, 15) is 0 Å². The highest BCUT2D eigenvalue weighted by Gasteiger charge is 1.96. The molecular weight excluding hydrogens is 212 g/mol. The van der Waals surface area contributed by atoms with Gasteiger partial charge in [0.1, 0.15) is 19.0 Å². The highest BCUT2D eigenvalue weighted by Crippen LogP contribution is 2.22. The molecule has 1 aromatic rings. The fourth-order valence-corrected chi connectivity index (χ4v) is 1.03. The first-order chi connectivity index (χ1) is 7.34. The maximum absolute atomic E-state index is 8.35. The molecule has 0 saturated heterocycles. The Morgan fingerprint density at radius 1 is 1.20 bits per heavy atom. The lowest BCUT2D eigenvalue weighted by Gasteiger charge is -2.02. The summed E-state index contributed by atoms with van der Waals surface area (Å²) in [7, 11) is 0. The van der Waals surface area contributed by atoms with Crippen LogP contribution in [0.25, 0.3) is 0 Å². The van der Waals surface area contributed by atoms with Gasteiger partial charge in [0.15, 0.2) is 0 Å². The van der Waals surface area contributed by atoms with E-state index in [0.29, 0.717) is 10.8 Å². The Bertz CT molecular complexity index is 432. The Kier molecular flexibility index (Phi) is 5.19. The molecular formula is C12H9ClO2. The molecule has 1 rings (SSSR count). The lowest BCUT2D eigenvalue weighted by atomic mass is 10.3. The number of para-hydroxylation sites is 1. The molecule has 15 heavy (non-hydrogen) atoms.